The van der Waals surface area contributed by atoms with E-state index in [0.717, 1.165) is 0 Å². The van der Waals surface area contributed by atoms with E-state index < -0.39 is 11.9 Å². The van der Waals surface area contributed by atoms with Crippen molar-refractivity contribution in [3.8, 4) is 0 Å². The van der Waals surface area contributed by atoms with E-state index in [9.17, 15) is 9.59 Å². The zero-order valence-corrected chi connectivity index (χ0v) is 19.1. The van der Waals surface area contributed by atoms with E-state index in [0.29, 0.717) is 12.2 Å². The largest absolute Gasteiger partial charge is 0.478 e. The van der Waals surface area contributed by atoms with Gasteiger partial charge in [-0.25, -0.2) is 9.59 Å². The summed E-state index contributed by atoms with van der Waals surface area (Å²) in [7, 11) is 0. The van der Waals surface area contributed by atoms with Crippen molar-refractivity contribution in [1.29, 1.82) is 0 Å². The van der Waals surface area contributed by atoms with Crippen LogP contribution in [0.2, 0.25) is 8.87 Å². The Morgan fingerprint density at radius 1 is 0.640 bits per heavy atom. The minimum atomic E-state index is -1.26. The Labute approximate surface area is 164 Å². The van der Waals surface area contributed by atoms with E-state index in [2.05, 4.69) is 13.8 Å². The Morgan fingerprint density at radius 2 is 0.960 bits per heavy atom. The topological polar surface area (TPSA) is 74.6 Å². The summed E-state index contributed by atoms with van der Waals surface area (Å²) in [5.41, 5.74) is 0. The third-order valence-electron chi connectivity index (χ3n) is 3.78. The monoisotopic (exact) mass is 462 g/mol. The molecule has 146 valence electrons. The third kappa shape index (κ3) is 31.7. The summed E-state index contributed by atoms with van der Waals surface area (Å²) in [5, 5.41) is 15.6. The van der Waals surface area contributed by atoms with Gasteiger partial charge in [0.15, 0.2) is 0 Å². The van der Waals surface area contributed by atoms with Crippen LogP contribution >= 0.6 is 0 Å². The summed E-state index contributed by atoms with van der Waals surface area (Å²) in [6.45, 7) is 4.60. The van der Waals surface area contributed by atoms with Crippen LogP contribution < -0.4 is 0 Å². The predicted octanol–water partition coefficient (Wildman–Crippen LogP) is 5.96. The molecule has 25 heavy (non-hydrogen) atoms. The van der Waals surface area contributed by atoms with Gasteiger partial charge in [-0.05, 0) is 0 Å². The molecule has 0 unspecified atom stereocenters. The molecule has 2 N–H and O–H groups in total. The Kier molecular flexibility index (Phi) is 25.1. The number of aliphatic carboxylic acids is 2. The van der Waals surface area contributed by atoms with Crippen molar-refractivity contribution in [2.45, 2.75) is 99.8 Å². The fourth-order valence-corrected chi connectivity index (χ4v) is 5.90. The van der Waals surface area contributed by atoms with Gasteiger partial charge in [0.05, 0.1) is 0 Å². The summed E-state index contributed by atoms with van der Waals surface area (Å²) in [6, 6.07) is 0. The molecule has 0 atom stereocenters. The first-order valence-electron chi connectivity index (χ1n) is 9.89. The van der Waals surface area contributed by atoms with Crippen molar-refractivity contribution < 1.29 is 19.8 Å². The number of hydrogen-bond acceptors (Lipinski definition) is 2. The fraction of sp³-hybridized carbons (Fsp3) is 0.800. The van der Waals surface area contributed by atoms with E-state index in [1.807, 2.05) is 0 Å². The van der Waals surface area contributed by atoms with Crippen molar-refractivity contribution in [3.05, 3.63) is 12.2 Å². The molecule has 2 radical (unpaired) electrons. The summed E-state index contributed by atoms with van der Waals surface area (Å²) < 4.78 is 3.31. The summed E-state index contributed by atoms with van der Waals surface area (Å²) in [5.74, 6) is -2.51. The van der Waals surface area contributed by atoms with Crippen LogP contribution in [0.3, 0.4) is 0 Å². The normalized spacial score (nSPS) is 10.5. The number of carboxylic acids is 2. The molecule has 0 aromatic rings. The number of hydrogen-bond donors (Lipinski definition) is 2. The summed E-state index contributed by atoms with van der Waals surface area (Å²) in [6.07, 6.45) is 18.9. The average molecular weight is 461 g/mol. The maximum atomic E-state index is 9.55. The maximum absolute atomic E-state index is 9.55. The predicted molar refractivity (Wildman–Crippen MR) is 107 cm³/mol. The van der Waals surface area contributed by atoms with Crippen LogP contribution in [0.4, 0.5) is 0 Å². The van der Waals surface area contributed by atoms with E-state index in [1.54, 1.807) is 21.7 Å². The molecule has 0 aliphatic carbocycles. The molecular weight excluding hydrogens is 423 g/mol. The minimum Gasteiger partial charge on any atom is -0.478 e. The van der Waals surface area contributed by atoms with Gasteiger partial charge in [-0.3, -0.25) is 0 Å². The molecule has 0 rings (SSSR count). The van der Waals surface area contributed by atoms with Crippen LogP contribution in [-0.4, -0.2) is 43.3 Å². The number of unbranched alkanes of at least 4 members (excludes halogenated alkanes) is 10. The molecule has 0 spiro atoms. The van der Waals surface area contributed by atoms with Gasteiger partial charge in [0, 0.05) is 12.2 Å². The summed E-state index contributed by atoms with van der Waals surface area (Å²) >= 11 is 0.0736. The molecular formula is C20H38O4Sn. The Hall–Kier alpha value is -0.521. The second kappa shape index (κ2) is 23.5. The molecule has 0 aromatic heterocycles. The van der Waals surface area contributed by atoms with Crippen molar-refractivity contribution in [2.24, 2.45) is 0 Å². The van der Waals surface area contributed by atoms with Crippen LogP contribution in [0.1, 0.15) is 90.9 Å². The van der Waals surface area contributed by atoms with Gasteiger partial charge >= 0.3 is 133 Å². The van der Waals surface area contributed by atoms with E-state index >= 15 is 0 Å². The van der Waals surface area contributed by atoms with Crippen LogP contribution in [0, 0.1) is 0 Å². The van der Waals surface area contributed by atoms with Crippen LogP contribution in [-0.2, 0) is 9.59 Å². The Bertz CT molecular complexity index is 300. The molecule has 0 amide bonds. The first-order chi connectivity index (χ1) is 12.0. The van der Waals surface area contributed by atoms with Crippen LogP contribution in [0.25, 0.3) is 0 Å². The van der Waals surface area contributed by atoms with E-state index in [4.69, 9.17) is 10.2 Å². The average Bonchev–Trinajstić information content (AvgIpc) is 2.58. The van der Waals surface area contributed by atoms with E-state index in [-0.39, 0.29) is 21.1 Å². The SMILES string of the molecule is CCCCCCC[CH2][Sn][CH2]CCCCCCC.O=C(O)/C=C/C(=O)O. The van der Waals surface area contributed by atoms with Gasteiger partial charge in [-0.1, -0.05) is 0 Å². The molecule has 0 saturated carbocycles. The van der Waals surface area contributed by atoms with Crippen molar-refractivity contribution in [1.82, 2.24) is 0 Å². The second-order valence-corrected chi connectivity index (χ2v) is 10.6. The van der Waals surface area contributed by atoms with Gasteiger partial charge in [-0.2, -0.15) is 0 Å². The zero-order chi connectivity index (χ0) is 19.2. The first-order valence-corrected chi connectivity index (χ1v) is 13.9. The molecule has 0 aliphatic rings. The van der Waals surface area contributed by atoms with Crippen molar-refractivity contribution in [2.75, 3.05) is 0 Å². The standard InChI is InChI=1S/2C8H17.C4H4O4.Sn/c2*1-3-5-7-8-6-4-2;5-3(6)1-2-4(7)8;/h2*1,3-8H2,2H3;1-2H,(H,5,6)(H,7,8);/b;;2-1+;. The third-order valence-corrected chi connectivity index (χ3v) is 7.82. The molecule has 0 aliphatic heterocycles. The minimum absolute atomic E-state index is 0.0736. The van der Waals surface area contributed by atoms with E-state index in [1.165, 1.54) is 64.2 Å². The van der Waals surface area contributed by atoms with Crippen LogP contribution in [0.15, 0.2) is 12.2 Å². The molecule has 5 heteroatoms. The van der Waals surface area contributed by atoms with Gasteiger partial charge in [0.1, 0.15) is 0 Å². The van der Waals surface area contributed by atoms with Gasteiger partial charge in [-0.15, -0.1) is 0 Å². The fourth-order valence-electron chi connectivity index (χ4n) is 2.33. The molecule has 0 saturated heterocycles. The van der Waals surface area contributed by atoms with Crippen molar-refractivity contribution in [3.63, 3.8) is 0 Å². The maximum Gasteiger partial charge on any atom is 0.328 e. The smallest absolute Gasteiger partial charge is 0.328 e. The molecule has 0 aromatic carbocycles. The summed E-state index contributed by atoms with van der Waals surface area (Å²) in [4.78, 5) is 19.1. The molecule has 4 nitrogen and oxygen atoms in total. The molecule has 0 heterocycles. The zero-order valence-electron chi connectivity index (χ0n) is 16.3. The number of carboxylic acid groups (broad SMARTS) is 2. The van der Waals surface area contributed by atoms with Crippen molar-refractivity contribution >= 4 is 33.1 Å². The Balaban J connectivity index is 0. The quantitative estimate of drug-likeness (QED) is 0.169. The molecule has 0 bridgehead atoms. The van der Waals surface area contributed by atoms with Gasteiger partial charge < -0.3 is 10.2 Å². The van der Waals surface area contributed by atoms with Gasteiger partial charge in [0.25, 0.3) is 0 Å². The number of rotatable bonds is 16. The van der Waals surface area contributed by atoms with Crippen LogP contribution in [0.5, 0.6) is 0 Å². The molecule has 0 fully saturated rings. The van der Waals surface area contributed by atoms with Gasteiger partial charge in [0.2, 0.25) is 0 Å². The second-order valence-electron chi connectivity index (χ2n) is 6.30. The first kappa shape index (κ1) is 26.7. The number of carbonyl (C=O) groups is 2. The Morgan fingerprint density at radius 3 is 1.28 bits per heavy atom.